The third-order valence-corrected chi connectivity index (χ3v) is 4.66. The van der Waals surface area contributed by atoms with Gasteiger partial charge in [-0.15, -0.1) is 0 Å². The first-order valence-electron chi connectivity index (χ1n) is 9.45. The lowest BCUT2D eigenvalue weighted by Crippen LogP contribution is -2.53. The lowest BCUT2D eigenvalue weighted by Gasteiger charge is -2.31. The van der Waals surface area contributed by atoms with Gasteiger partial charge in [0.1, 0.15) is 18.4 Å². The lowest BCUT2D eigenvalue weighted by molar-refractivity contribution is -0.143. The summed E-state index contributed by atoms with van der Waals surface area (Å²) in [6.07, 6.45) is -1.36. The maximum absolute atomic E-state index is 12.2. The minimum atomic E-state index is -1.34. The van der Waals surface area contributed by atoms with Crippen LogP contribution in [0, 0.1) is 0 Å². The molecule has 2 aliphatic rings. The van der Waals surface area contributed by atoms with Gasteiger partial charge < -0.3 is 25.6 Å². The van der Waals surface area contributed by atoms with Crippen LogP contribution < -0.4 is 16.0 Å². The van der Waals surface area contributed by atoms with E-state index >= 15 is 0 Å². The van der Waals surface area contributed by atoms with Crippen molar-refractivity contribution in [3.8, 4) is 0 Å². The van der Waals surface area contributed by atoms with Gasteiger partial charge in [0.05, 0.1) is 0 Å². The van der Waals surface area contributed by atoms with Crippen LogP contribution in [0.5, 0.6) is 0 Å². The molecule has 2 aliphatic heterocycles. The van der Waals surface area contributed by atoms with Crippen molar-refractivity contribution in [1.29, 1.82) is 0 Å². The molecular formula is C17H24N4O9. The molecule has 3 atom stereocenters. The fourth-order valence-electron chi connectivity index (χ4n) is 3.10. The summed E-state index contributed by atoms with van der Waals surface area (Å²) in [5.41, 5.74) is 0. The van der Waals surface area contributed by atoms with E-state index in [0.717, 1.165) is 0 Å². The van der Waals surface area contributed by atoms with E-state index in [9.17, 15) is 28.8 Å². The highest BCUT2D eigenvalue weighted by Gasteiger charge is 2.38. The molecule has 2 rings (SSSR count). The molecule has 13 heteroatoms. The van der Waals surface area contributed by atoms with E-state index in [4.69, 9.17) is 14.9 Å². The smallest absolute Gasteiger partial charge is 0.326 e. The zero-order chi connectivity index (χ0) is 22.3. The molecule has 0 bridgehead atoms. The van der Waals surface area contributed by atoms with E-state index in [1.165, 1.54) is 4.90 Å². The number of amides is 5. The summed E-state index contributed by atoms with van der Waals surface area (Å²) < 4.78 is 5.58. The maximum Gasteiger partial charge on any atom is 0.326 e. The average Bonchev–Trinajstić information content (AvgIpc) is 3.14. The molecule has 1 unspecified atom stereocenters. The number of aliphatic carboxylic acids is 2. The number of carboxylic acids is 2. The van der Waals surface area contributed by atoms with Gasteiger partial charge in [-0.3, -0.25) is 29.4 Å². The highest BCUT2D eigenvalue weighted by Crippen LogP contribution is 2.24. The Kier molecular flexibility index (Phi) is 8.09. The third-order valence-electron chi connectivity index (χ3n) is 4.66. The largest absolute Gasteiger partial charge is 0.481 e. The van der Waals surface area contributed by atoms with Crippen LogP contribution in [-0.2, 0) is 28.7 Å². The van der Waals surface area contributed by atoms with Gasteiger partial charge in [-0.2, -0.15) is 0 Å². The van der Waals surface area contributed by atoms with E-state index in [0.29, 0.717) is 12.8 Å². The van der Waals surface area contributed by atoms with Crippen LogP contribution in [-0.4, -0.2) is 82.3 Å². The number of carbonyl (C=O) groups excluding carboxylic acids is 4. The van der Waals surface area contributed by atoms with E-state index in [1.807, 2.05) is 0 Å². The molecule has 2 fully saturated rings. The first kappa shape index (κ1) is 23.1. The Hall–Kier alpha value is -3.22. The number of rotatable bonds is 10. The molecule has 166 valence electrons. The van der Waals surface area contributed by atoms with Crippen molar-refractivity contribution in [2.24, 2.45) is 0 Å². The van der Waals surface area contributed by atoms with E-state index in [2.05, 4.69) is 16.0 Å². The first-order valence-corrected chi connectivity index (χ1v) is 9.45. The second kappa shape index (κ2) is 10.5. The second-order valence-corrected chi connectivity index (χ2v) is 6.89. The summed E-state index contributed by atoms with van der Waals surface area (Å²) in [6.45, 7) is 0.135. The van der Waals surface area contributed by atoms with Crippen molar-refractivity contribution < 1.29 is 43.7 Å². The van der Waals surface area contributed by atoms with Crippen LogP contribution in [0.25, 0.3) is 0 Å². The molecule has 0 aromatic carbocycles. The molecule has 0 spiro atoms. The molecular weight excluding hydrogens is 404 g/mol. The van der Waals surface area contributed by atoms with E-state index in [-0.39, 0.29) is 38.3 Å². The van der Waals surface area contributed by atoms with Crippen molar-refractivity contribution in [3.63, 3.8) is 0 Å². The van der Waals surface area contributed by atoms with Crippen LogP contribution >= 0.6 is 0 Å². The van der Waals surface area contributed by atoms with E-state index in [1.54, 1.807) is 0 Å². The Morgan fingerprint density at radius 2 is 1.90 bits per heavy atom. The predicted octanol–water partition coefficient (Wildman–Crippen LogP) is -1.63. The van der Waals surface area contributed by atoms with Crippen molar-refractivity contribution in [1.82, 2.24) is 20.9 Å². The number of ether oxygens (including phenoxy) is 1. The zero-order valence-electron chi connectivity index (χ0n) is 16.1. The van der Waals surface area contributed by atoms with Crippen LogP contribution in [0.15, 0.2) is 0 Å². The molecule has 0 aliphatic carbocycles. The van der Waals surface area contributed by atoms with Crippen LogP contribution in [0.1, 0.15) is 38.5 Å². The fourth-order valence-corrected chi connectivity index (χ4v) is 3.10. The maximum atomic E-state index is 12.2. The minimum Gasteiger partial charge on any atom is -0.481 e. The minimum absolute atomic E-state index is 0.0703. The summed E-state index contributed by atoms with van der Waals surface area (Å²) in [5, 5.41) is 24.5. The monoisotopic (exact) mass is 428 g/mol. The topological polar surface area (TPSA) is 191 Å². The molecule has 0 aromatic rings. The summed E-state index contributed by atoms with van der Waals surface area (Å²) in [6, 6.07) is -1.89. The Balaban J connectivity index is 1.71. The number of hydrogen-bond acceptors (Lipinski definition) is 7. The van der Waals surface area contributed by atoms with Crippen molar-refractivity contribution >= 4 is 35.7 Å². The summed E-state index contributed by atoms with van der Waals surface area (Å²) in [4.78, 5) is 70.0. The second-order valence-electron chi connectivity index (χ2n) is 6.89. The van der Waals surface area contributed by atoms with Gasteiger partial charge in [-0.1, -0.05) is 0 Å². The van der Waals surface area contributed by atoms with Gasteiger partial charge in [0.15, 0.2) is 0 Å². The Morgan fingerprint density at radius 1 is 1.17 bits per heavy atom. The molecule has 0 radical (unpaired) electrons. The summed E-state index contributed by atoms with van der Waals surface area (Å²) in [5.74, 6) is -4.00. The fraction of sp³-hybridized carbons (Fsp3) is 0.647. The van der Waals surface area contributed by atoms with Gasteiger partial charge in [0, 0.05) is 32.4 Å². The number of carboxylic acid groups (broad SMARTS) is 2. The van der Waals surface area contributed by atoms with Crippen LogP contribution in [0.3, 0.4) is 0 Å². The third kappa shape index (κ3) is 6.69. The summed E-state index contributed by atoms with van der Waals surface area (Å²) >= 11 is 0. The molecule has 5 amide bonds. The van der Waals surface area contributed by atoms with Gasteiger partial charge in [-0.25, -0.2) is 9.59 Å². The number of hydrogen-bond donors (Lipinski definition) is 5. The number of nitrogens with one attached hydrogen (secondary N) is 3. The first-order chi connectivity index (χ1) is 14.2. The molecule has 0 aromatic heterocycles. The number of carbonyl (C=O) groups is 6. The highest BCUT2D eigenvalue weighted by molar-refractivity contribution is 5.96. The normalized spacial score (nSPS) is 22.2. The van der Waals surface area contributed by atoms with Gasteiger partial charge in [-0.05, 0) is 19.3 Å². The van der Waals surface area contributed by atoms with Crippen LogP contribution in [0.4, 0.5) is 4.79 Å². The molecule has 2 heterocycles. The van der Waals surface area contributed by atoms with Gasteiger partial charge in [0.25, 0.3) is 0 Å². The van der Waals surface area contributed by atoms with E-state index < -0.39 is 54.6 Å². The quantitative estimate of drug-likeness (QED) is 0.272. The zero-order valence-corrected chi connectivity index (χ0v) is 16.1. The van der Waals surface area contributed by atoms with Gasteiger partial charge >= 0.3 is 18.0 Å². The van der Waals surface area contributed by atoms with Crippen molar-refractivity contribution in [2.75, 3.05) is 13.1 Å². The standard InChI is InChI=1S/C17H24N4O9/c22-11(19-9(16(27)28)1-4-14(24)25)5-7-18-15(26)10-2-3-13(30-10)21-8-6-12(23)20-17(21)29/h9-10,13H,1-8H2,(H,18,26)(H,19,22)(H,24,25)(H,27,28)(H,20,23,29)/t9?,10-,13+/m0/s1. The SMILES string of the molecule is O=C(O)CCC(NC(=O)CCNC(=O)[C@@H]1CC[C@H](N2CCC(=O)NC2=O)O1)C(=O)O. The molecule has 5 N–H and O–H groups in total. The van der Waals surface area contributed by atoms with Gasteiger partial charge in [0.2, 0.25) is 17.7 Å². The predicted molar refractivity (Wildman–Crippen MR) is 96.8 cm³/mol. The number of urea groups is 1. The van der Waals surface area contributed by atoms with Crippen LogP contribution in [0.2, 0.25) is 0 Å². The molecule has 0 saturated carbocycles. The Bertz CT molecular complexity index is 726. The highest BCUT2D eigenvalue weighted by atomic mass is 16.5. The Labute approximate surface area is 171 Å². The molecule has 30 heavy (non-hydrogen) atoms. The average molecular weight is 428 g/mol. The number of nitrogens with zero attached hydrogens (tertiary/aromatic N) is 1. The lowest BCUT2D eigenvalue weighted by atomic mass is 10.1. The van der Waals surface area contributed by atoms with Crippen molar-refractivity contribution in [2.45, 2.75) is 56.9 Å². The van der Waals surface area contributed by atoms with Crippen molar-refractivity contribution in [3.05, 3.63) is 0 Å². The Morgan fingerprint density at radius 3 is 2.53 bits per heavy atom. The summed E-state index contributed by atoms with van der Waals surface area (Å²) in [7, 11) is 0. The number of imide groups is 1. The molecule has 13 nitrogen and oxygen atoms in total. The molecule has 2 saturated heterocycles.